The van der Waals surface area contributed by atoms with Crippen molar-refractivity contribution in [2.45, 2.75) is 39.3 Å². The summed E-state index contributed by atoms with van der Waals surface area (Å²) < 4.78 is 11.1. The van der Waals surface area contributed by atoms with E-state index in [1.54, 1.807) is 21.1 Å². The standard InChI is InChI=1S/C26H34N2O3/c1-20(29)22-8-4-7-21(15-22)16-28-14-12-26(19-28)11-6-13-27(18-26)17-23-9-5-10-24(30-2)25(23)31-3/h4-5,7-10,15H,6,11-14,16-19H2,1-3H3/t26-/m0/s1. The van der Waals surface area contributed by atoms with E-state index in [-0.39, 0.29) is 5.78 Å². The first-order valence-electron chi connectivity index (χ1n) is 11.3. The molecular formula is C26H34N2O3. The Hall–Kier alpha value is -2.37. The summed E-state index contributed by atoms with van der Waals surface area (Å²) in [5, 5.41) is 0. The van der Waals surface area contributed by atoms with E-state index in [1.165, 1.54) is 30.4 Å². The molecule has 31 heavy (non-hydrogen) atoms. The first-order chi connectivity index (χ1) is 15.0. The first-order valence-corrected chi connectivity index (χ1v) is 11.3. The van der Waals surface area contributed by atoms with Gasteiger partial charge in [-0.1, -0.05) is 30.3 Å². The number of ether oxygens (including phenoxy) is 2. The maximum atomic E-state index is 11.7. The lowest BCUT2D eigenvalue weighted by Crippen LogP contribution is -2.44. The third kappa shape index (κ3) is 4.94. The fraction of sp³-hybridized carbons (Fsp3) is 0.500. The summed E-state index contributed by atoms with van der Waals surface area (Å²) in [6.07, 6.45) is 3.77. The van der Waals surface area contributed by atoms with Crippen LogP contribution in [0.25, 0.3) is 0 Å². The monoisotopic (exact) mass is 422 g/mol. The number of para-hydroxylation sites is 1. The summed E-state index contributed by atoms with van der Waals surface area (Å²) in [5.41, 5.74) is 3.60. The van der Waals surface area contributed by atoms with E-state index in [9.17, 15) is 4.79 Å². The molecule has 0 radical (unpaired) electrons. The number of likely N-dealkylation sites (tertiary alicyclic amines) is 2. The highest BCUT2D eigenvalue weighted by Crippen LogP contribution is 2.41. The van der Waals surface area contributed by atoms with Gasteiger partial charge in [-0.15, -0.1) is 0 Å². The molecule has 0 saturated carbocycles. The quantitative estimate of drug-likeness (QED) is 0.619. The first kappa shape index (κ1) is 21.8. The number of rotatable bonds is 7. The van der Waals surface area contributed by atoms with Crippen LogP contribution in [0.2, 0.25) is 0 Å². The molecule has 0 amide bonds. The second kappa shape index (κ2) is 9.41. The molecule has 2 aromatic rings. The average molecular weight is 423 g/mol. The van der Waals surface area contributed by atoms with Gasteiger partial charge in [0, 0.05) is 37.3 Å². The Morgan fingerprint density at radius 2 is 1.74 bits per heavy atom. The molecule has 2 fully saturated rings. The van der Waals surface area contributed by atoms with Crippen molar-refractivity contribution >= 4 is 5.78 Å². The van der Waals surface area contributed by atoms with Crippen LogP contribution in [0.1, 0.15) is 47.7 Å². The van der Waals surface area contributed by atoms with E-state index in [0.717, 1.165) is 56.3 Å². The molecule has 2 saturated heterocycles. The molecule has 0 bridgehead atoms. The summed E-state index contributed by atoms with van der Waals surface area (Å²) in [5.74, 6) is 1.78. The molecule has 0 aromatic heterocycles. The van der Waals surface area contributed by atoms with E-state index in [1.807, 2.05) is 24.3 Å². The van der Waals surface area contributed by atoms with Gasteiger partial charge < -0.3 is 9.47 Å². The number of piperidine rings is 1. The summed E-state index contributed by atoms with van der Waals surface area (Å²) in [4.78, 5) is 16.9. The van der Waals surface area contributed by atoms with Gasteiger partial charge in [0.1, 0.15) is 0 Å². The van der Waals surface area contributed by atoms with Crippen molar-refractivity contribution in [3.05, 3.63) is 59.2 Å². The van der Waals surface area contributed by atoms with E-state index in [0.29, 0.717) is 5.41 Å². The Morgan fingerprint density at radius 3 is 2.48 bits per heavy atom. The molecule has 4 rings (SSSR count). The van der Waals surface area contributed by atoms with Crippen molar-refractivity contribution in [2.75, 3.05) is 40.4 Å². The van der Waals surface area contributed by atoms with Gasteiger partial charge in [-0.05, 0) is 62.4 Å². The fourth-order valence-corrected chi connectivity index (χ4v) is 5.41. The third-order valence-corrected chi connectivity index (χ3v) is 6.88. The van der Waals surface area contributed by atoms with E-state index in [4.69, 9.17) is 9.47 Å². The molecule has 2 aliphatic rings. The maximum Gasteiger partial charge on any atom is 0.165 e. The zero-order valence-electron chi connectivity index (χ0n) is 19.0. The van der Waals surface area contributed by atoms with Gasteiger partial charge >= 0.3 is 0 Å². The topological polar surface area (TPSA) is 42.0 Å². The van der Waals surface area contributed by atoms with Gasteiger partial charge in [-0.3, -0.25) is 14.6 Å². The van der Waals surface area contributed by atoms with Crippen LogP contribution in [-0.2, 0) is 13.1 Å². The lowest BCUT2D eigenvalue weighted by atomic mass is 9.79. The number of hydrogen-bond donors (Lipinski definition) is 0. The number of ketones is 1. The Kier molecular flexibility index (Phi) is 6.63. The lowest BCUT2D eigenvalue weighted by Gasteiger charge is -2.40. The van der Waals surface area contributed by atoms with Gasteiger partial charge in [-0.2, -0.15) is 0 Å². The van der Waals surface area contributed by atoms with Crippen molar-refractivity contribution in [1.29, 1.82) is 0 Å². The fourth-order valence-electron chi connectivity index (χ4n) is 5.41. The van der Waals surface area contributed by atoms with Gasteiger partial charge in [0.15, 0.2) is 17.3 Å². The van der Waals surface area contributed by atoms with Crippen LogP contribution in [0.15, 0.2) is 42.5 Å². The molecule has 1 atom stereocenters. The minimum atomic E-state index is 0.135. The molecule has 166 valence electrons. The molecule has 2 aromatic carbocycles. The summed E-state index contributed by atoms with van der Waals surface area (Å²) in [6.45, 7) is 7.96. The van der Waals surface area contributed by atoms with Crippen molar-refractivity contribution < 1.29 is 14.3 Å². The van der Waals surface area contributed by atoms with Crippen molar-refractivity contribution in [3.63, 3.8) is 0 Å². The number of methoxy groups -OCH3 is 2. The number of Topliss-reactive ketones (excluding diaryl/α,β-unsaturated/α-hetero) is 1. The highest BCUT2D eigenvalue weighted by molar-refractivity contribution is 5.94. The predicted molar refractivity (Wildman–Crippen MR) is 123 cm³/mol. The minimum absolute atomic E-state index is 0.135. The Labute approximate surface area is 185 Å². The zero-order valence-corrected chi connectivity index (χ0v) is 19.0. The minimum Gasteiger partial charge on any atom is -0.493 e. The van der Waals surface area contributed by atoms with E-state index in [2.05, 4.69) is 28.0 Å². The normalized spacial score (nSPS) is 22.0. The van der Waals surface area contributed by atoms with Crippen LogP contribution in [-0.4, -0.2) is 56.0 Å². The number of hydrogen-bond acceptors (Lipinski definition) is 5. The van der Waals surface area contributed by atoms with Crippen LogP contribution in [0.3, 0.4) is 0 Å². The number of carbonyl (C=O) groups is 1. The van der Waals surface area contributed by atoms with Crippen LogP contribution in [0, 0.1) is 5.41 Å². The number of carbonyl (C=O) groups excluding carboxylic acids is 1. The lowest BCUT2D eigenvalue weighted by molar-refractivity contribution is 0.0859. The molecule has 0 aliphatic carbocycles. The number of benzene rings is 2. The van der Waals surface area contributed by atoms with Gasteiger partial charge in [0.2, 0.25) is 0 Å². The third-order valence-electron chi connectivity index (χ3n) is 6.88. The van der Waals surface area contributed by atoms with Gasteiger partial charge in [-0.25, -0.2) is 0 Å². The number of nitrogens with zero attached hydrogens (tertiary/aromatic N) is 2. The summed E-state index contributed by atoms with van der Waals surface area (Å²) >= 11 is 0. The largest absolute Gasteiger partial charge is 0.493 e. The van der Waals surface area contributed by atoms with Gasteiger partial charge in [0.05, 0.1) is 14.2 Å². The van der Waals surface area contributed by atoms with Crippen molar-refractivity contribution in [1.82, 2.24) is 9.80 Å². The highest BCUT2D eigenvalue weighted by Gasteiger charge is 2.41. The molecule has 0 unspecified atom stereocenters. The summed E-state index contributed by atoms with van der Waals surface area (Å²) in [7, 11) is 3.41. The molecule has 2 heterocycles. The Morgan fingerprint density at radius 1 is 0.968 bits per heavy atom. The van der Waals surface area contributed by atoms with Crippen LogP contribution in [0.4, 0.5) is 0 Å². The molecule has 2 aliphatic heterocycles. The second-order valence-corrected chi connectivity index (χ2v) is 9.18. The maximum absolute atomic E-state index is 11.7. The molecule has 1 spiro atoms. The molecule has 5 heteroatoms. The van der Waals surface area contributed by atoms with Crippen LogP contribution in [0.5, 0.6) is 11.5 Å². The average Bonchev–Trinajstić information content (AvgIpc) is 3.14. The highest BCUT2D eigenvalue weighted by atomic mass is 16.5. The Balaban J connectivity index is 1.41. The molecular weight excluding hydrogens is 388 g/mol. The zero-order chi connectivity index (χ0) is 21.8. The molecule has 0 N–H and O–H groups in total. The molecule has 5 nitrogen and oxygen atoms in total. The Bertz CT molecular complexity index is 929. The second-order valence-electron chi connectivity index (χ2n) is 9.18. The van der Waals surface area contributed by atoms with Crippen LogP contribution < -0.4 is 9.47 Å². The van der Waals surface area contributed by atoms with E-state index < -0.39 is 0 Å². The predicted octanol–water partition coefficient (Wildman–Crippen LogP) is 4.39. The van der Waals surface area contributed by atoms with Gasteiger partial charge in [0.25, 0.3) is 0 Å². The van der Waals surface area contributed by atoms with Crippen molar-refractivity contribution in [2.24, 2.45) is 5.41 Å². The van der Waals surface area contributed by atoms with Crippen LogP contribution >= 0.6 is 0 Å². The summed E-state index contributed by atoms with van der Waals surface area (Å²) in [6, 6.07) is 14.2. The van der Waals surface area contributed by atoms with Crippen molar-refractivity contribution in [3.8, 4) is 11.5 Å². The van der Waals surface area contributed by atoms with E-state index >= 15 is 0 Å². The smallest absolute Gasteiger partial charge is 0.165 e. The SMILES string of the molecule is COc1cccc(CN2CCC[C@]3(CCN(Cc4cccc(C(C)=O)c4)C3)C2)c1OC.